The molecule has 0 unspecified atom stereocenters. The van der Waals surface area contributed by atoms with E-state index in [0.717, 1.165) is 0 Å². The van der Waals surface area contributed by atoms with Crippen molar-refractivity contribution >= 4 is 11.9 Å². The maximum Gasteiger partial charge on any atom is 0.311 e. The molecule has 0 aromatic carbocycles. The summed E-state index contributed by atoms with van der Waals surface area (Å²) in [4.78, 5) is 22.4. The van der Waals surface area contributed by atoms with E-state index in [4.69, 9.17) is 9.84 Å². The SMILES string of the molecule is CC(C)(C)C(=O)O[C@@H](CC(=O)O)C[N+](C)(C)C. The van der Waals surface area contributed by atoms with Crippen LogP contribution in [0.4, 0.5) is 0 Å². The van der Waals surface area contributed by atoms with Crippen LogP contribution in [0.3, 0.4) is 0 Å². The van der Waals surface area contributed by atoms with Gasteiger partial charge in [-0.25, -0.2) is 0 Å². The monoisotopic (exact) mass is 246 g/mol. The van der Waals surface area contributed by atoms with Gasteiger partial charge in [0.1, 0.15) is 6.54 Å². The summed E-state index contributed by atoms with van der Waals surface area (Å²) in [7, 11) is 5.79. The minimum atomic E-state index is -0.954. The lowest BCUT2D eigenvalue weighted by Gasteiger charge is -2.29. The molecule has 0 amide bonds. The number of carbonyl (C=O) groups is 2. The van der Waals surface area contributed by atoms with Gasteiger partial charge in [0.05, 0.1) is 33.0 Å². The van der Waals surface area contributed by atoms with E-state index < -0.39 is 17.5 Å². The first-order valence-electron chi connectivity index (χ1n) is 5.65. The fourth-order valence-electron chi connectivity index (χ4n) is 1.28. The van der Waals surface area contributed by atoms with Gasteiger partial charge in [-0.1, -0.05) is 0 Å². The van der Waals surface area contributed by atoms with E-state index in [1.807, 2.05) is 21.1 Å². The number of hydrogen-bond donors (Lipinski definition) is 1. The van der Waals surface area contributed by atoms with Crippen molar-refractivity contribution in [1.29, 1.82) is 0 Å². The number of aliphatic carboxylic acids is 1. The van der Waals surface area contributed by atoms with Crippen molar-refractivity contribution in [1.82, 2.24) is 0 Å². The normalized spacial score (nSPS) is 14.2. The Bertz CT molecular complexity index is 286. The molecule has 0 aromatic heterocycles. The average Bonchev–Trinajstić information content (AvgIpc) is 1.96. The van der Waals surface area contributed by atoms with Crippen LogP contribution in [0.5, 0.6) is 0 Å². The topological polar surface area (TPSA) is 63.6 Å². The number of hydrogen-bond acceptors (Lipinski definition) is 3. The molecule has 0 aliphatic carbocycles. The van der Waals surface area contributed by atoms with E-state index in [-0.39, 0.29) is 12.4 Å². The molecule has 5 heteroatoms. The van der Waals surface area contributed by atoms with Crippen LogP contribution in [0.25, 0.3) is 0 Å². The van der Waals surface area contributed by atoms with Gasteiger partial charge in [0, 0.05) is 0 Å². The molecule has 0 aromatic rings. The number of carboxylic acids is 1. The summed E-state index contributed by atoms with van der Waals surface area (Å²) in [6.07, 6.45) is -0.739. The molecule has 0 bridgehead atoms. The first-order chi connectivity index (χ1) is 7.42. The second-order valence-electron chi connectivity index (χ2n) is 6.35. The van der Waals surface area contributed by atoms with Crippen LogP contribution in [0, 0.1) is 5.41 Å². The Balaban J connectivity index is 4.60. The van der Waals surface area contributed by atoms with Gasteiger partial charge in [-0.15, -0.1) is 0 Å². The molecule has 0 heterocycles. The van der Waals surface area contributed by atoms with E-state index >= 15 is 0 Å². The summed E-state index contributed by atoms with van der Waals surface area (Å²) in [6.45, 7) is 5.73. The van der Waals surface area contributed by atoms with Gasteiger partial charge in [0.15, 0.2) is 6.10 Å². The summed E-state index contributed by atoms with van der Waals surface area (Å²) in [5, 5.41) is 8.80. The molecule has 0 radical (unpaired) electrons. The van der Waals surface area contributed by atoms with E-state index in [0.29, 0.717) is 11.0 Å². The van der Waals surface area contributed by atoms with E-state index in [2.05, 4.69) is 0 Å². The molecule has 0 saturated carbocycles. The van der Waals surface area contributed by atoms with Crippen molar-refractivity contribution in [2.24, 2.45) is 5.41 Å². The van der Waals surface area contributed by atoms with Gasteiger partial charge in [0.2, 0.25) is 0 Å². The number of rotatable bonds is 5. The predicted octanol–water partition coefficient (Wildman–Crippen LogP) is 1.13. The first-order valence-corrected chi connectivity index (χ1v) is 5.65. The number of carboxylic acid groups (broad SMARTS) is 1. The Kier molecular flexibility index (Phi) is 5.13. The molecule has 0 saturated heterocycles. The molecular weight excluding hydrogens is 222 g/mol. The lowest BCUT2D eigenvalue weighted by molar-refractivity contribution is -0.873. The van der Waals surface area contributed by atoms with Crippen LogP contribution in [0.2, 0.25) is 0 Å². The zero-order valence-corrected chi connectivity index (χ0v) is 11.6. The fraction of sp³-hybridized carbons (Fsp3) is 0.833. The molecule has 1 atom stereocenters. The van der Waals surface area contributed by atoms with Crippen molar-refractivity contribution in [3.05, 3.63) is 0 Å². The largest absolute Gasteiger partial charge is 0.481 e. The first kappa shape index (κ1) is 15.9. The summed E-state index contributed by atoms with van der Waals surface area (Å²) in [5.41, 5.74) is -0.609. The standard InChI is InChI=1S/C12H23NO4/c1-12(2,3)11(16)17-9(7-10(14)15)8-13(4,5)6/h9H,7-8H2,1-6H3/p+1/t9-/m0/s1. The van der Waals surface area contributed by atoms with Crippen molar-refractivity contribution in [2.75, 3.05) is 27.7 Å². The van der Waals surface area contributed by atoms with Gasteiger partial charge < -0.3 is 14.3 Å². The number of quaternary nitrogens is 1. The van der Waals surface area contributed by atoms with Gasteiger partial charge in [-0.05, 0) is 20.8 Å². The number of carbonyl (C=O) groups excluding carboxylic acids is 1. The van der Waals surface area contributed by atoms with E-state index in [1.165, 1.54) is 0 Å². The number of ether oxygens (including phenoxy) is 1. The van der Waals surface area contributed by atoms with Crippen molar-refractivity contribution < 1.29 is 23.9 Å². The van der Waals surface area contributed by atoms with Gasteiger partial charge in [0.25, 0.3) is 0 Å². The zero-order chi connectivity index (χ0) is 13.9. The fourth-order valence-corrected chi connectivity index (χ4v) is 1.28. The Hall–Kier alpha value is -1.10. The Morgan fingerprint density at radius 1 is 1.24 bits per heavy atom. The Labute approximate surface area is 103 Å². The lowest BCUT2D eigenvalue weighted by atomic mass is 9.97. The minimum Gasteiger partial charge on any atom is -0.481 e. The summed E-state index contributed by atoms with van der Waals surface area (Å²) in [5.74, 6) is -1.32. The quantitative estimate of drug-likeness (QED) is 0.583. The molecule has 0 spiro atoms. The van der Waals surface area contributed by atoms with Crippen LogP contribution < -0.4 is 0 Å². The van der Waals surface area contributed by atoms with Crippen molar-refractivity contribution in [2.45, 2.75) is 33.3 Å². The zero-order valence-electron chi connectivity index (χ0n) is 11.6. The summed E-state index contributed by atoms with van der Waals surface area (Å²) >= 11 is 0. The molecule has 0 rings (SSSR count). The smallest absolute Gasteiger partial charge is 0.311 e. The third kappa shape index (κ3) is 7.74. The van der Waals surface area contributed by atoms with Crippen LogP contribution in [0.15, 0.2) is 0 Å². The van der Waals surface area contributed by atoms with Crippen LogP contribution >= 0.6 is 0 Å². The predicted molar refractivity (Wildman–Crippen MR) is 64.5 cm³/mol. The van der Waals surface area contributed by atoms with E-state index in [9.17, 15) is 9.59 Å². The highest BCUT2D eigenvalue weighted by molar-refractivity contribution is 5.76. The maximum atomic E-state index is 11.7. The van der Waals surface area contributed by atoms with Gasteiger partial charge in [-0.3, -0.25) is 9.59 Å². The third-order valence-corrected chi connectivity index (χ3v) is 2.04. The number of likely N-dealkylation sites (N-methyl/N-ethyl adjacent to an activating group) is 1. The van der Waals surface area contributed by atoms with E-state index in [1.54, 1.807) is 20.8 Å². The molecule has 0 aliphatic heterocycles. The van der Waals surface area contributed by atoms with Crippen molar-refractivity contribution in [3.8, 4) is 0 Å². The van der Waals surface area contributed by atoms with Crippen LogP contribution in [-0.2, 0) is 14.3 Å². The highest BCUT2D eigenvalue weighted by atomic mass is 16.5. The second kappa shape index (κ2) is 5.49. The summed E-state index contributed by atoms with van der Waals surface area (Å²) < 4.78 is 5.82. The Morgan fingerprint density at radius 3 is 2.00 bits per heavy atom. The summed E-state index contributed by atoms with van der Waals surface area (Å²) in [6, 6.07) is 0. The Morgan fingerprint density at radius 2 is 1.71 bits per heavy atom. The molecule has 0 fully saturated rings. The highest BCUT2D eigenvalue weighted by Gasteiger charge is 2.30. The number of esters is 1. The molecule has 5 nitrogen and oxygen atoms in total. The van der Waals surface area contributed by atoms with Crippen LogP contribution in [-0.4, -0.2) is 55.3 Å². The second-order valence-corrected chi connectivity index (χ2v) is 6.35. The van der Waals surface area contributed by atoms with Gasteiger partial charge >= 0.3 is 11.9 Å². The maximum absolute atomic E-state index is 11.7. The highest BCUT2D eigenvalue weighted by Crippen LogP contribution is 2.18. The third-order valence-electron chi connectivity index (χ3n) is 2.04. The van der Waals surface area contributed by atoms with Gasteiger partial charge in [-0.2, -0.15) is 0 Å². The van der Waals surface area contributed by atoms with Crippen molar-refractivity contribution in [3.63, 3.8) is 0 Å². The van der Waals surface area contributed by atoms with Crippen LogP contribution in [0.1, 0.15) is 27.2 Å². The molecule has 100 valence electrons. The molecular formula is C12H24NO4+. The molecule has 17 heavy (non-hydrogen) atoms. The average molecular weight is 246 g/mol. The molecule has 1 N–H and O–H groups in total. The lowest BCUT2D eigenvalue weighted by Crippen LogP contribution is -2.44. The number of nitrogens with zero attached hydrogens (tertiary/aromatic N) is 1. The minimum absolute atomic E-state index is 0.155. The molecule has 0 aliphatic rings.